The van der Waals surface area contributed by atoms with E-state index in [1.54, 1.807) is 6.07 Å². The first-order valence-corrected chi connectivity index (χ1v) is 7.25. The fourth-order valence-electron chi connectivity index (χ4n) is 2.87. The predicted molar refractivity (Wildman–Crippen MR) is 81.0 cm³/mol. The van der Waals surface area contributed by atoms with E-state index in [-0.39, 0.29) is 11.6 Å². The van der Waals surface area contributed by atoms with Gasteiger partial charge in [-0.2, -0.15) is 0 Å². The largest absolute Gasteiger partial charge is 0.329 e. The number of nitrogens with two attached hydrogens (primary N) is 1. The van der Waals surface area contributed by atoms with E-state index in [9.17, 15) is 14.9 Å². The third kappa shape index (κ3) is 3.21. The lowest BCUT2D eigenvalue weighted by Crippen LogP contribution is -2.43. The lowest BCUT2D eigenvalue weighted by Gasteiger charge is -2.34. The summed E-state index contributed by atoms with van der Waals surface area (Å²) in [6, 6.07) is 4.48. The van der Waals surface area contributed by atoms with Crippen molar-refractivity contribution in [1.82, 2.24) is 0 Å². The van der Waals surface area contributed by atoms with E-state index in [4.69, 9.17) is 5.73 Å². The molecule has 3 N–H and O–H groups in total. The number of nitro groups is 1. The summed E-state index contributed by atoms with van der Waals surface area (Å²) in [5, 5.41) is 13.7. The summed E-state index contributed by atoms with van der Waals surface area (Å²) >= 11 is 0. The summed E-state index contributed by atoms with van der Waals surface area (Å²) in [6.45, 7) is 2.13. The zero-order valence-corrected chi connectivity index (χ0v) is 12.2. The molecule has 1 aliphatic carbocycles. The highest BCUT2D eigenvalue weighted by atomic mass is 16.6. The highest BCUT2D eigenvalue weighted by Crippen LogP contribution is 2.37. The van der Waals surface area contributed by atoms with Gasteiger partial charge in [0, 0.05) is 18.7 Å². The molecule has 0 bridgehead atoms. The van der Waals surface area contributed by atoms with Gasteiger partial charge in [-0.25, -0.2) is 0 Å². The van der Waals surface area contributed by atoms with Gasteiger partial charge >= 0.3 is 0 Å². The van der Waals surface area contributed by atoms with Gasteiger partial charge < -0.3 is 11.1 Å². The SMILES string of the molecule is Cc1ccc([N+](=O)[O-])cc1NC(=O)C1(CN)CCCCC1. The van der Waals surface area contributed by atoms with Crippen molar-refractivity contribution in [3.8, 4) is 0 Å². The molecule has 6 heteroatoms. The topological polar surface area (TPSA) is 98.3 Å². The van der Waals surface area contributed by atoms with E-state index in [1.807, 2.05) is 6.92 Å². The number of nitrogens with zero attached hydrogens (tertiary/aromatic N) is 1. The maximum Gasteiger partial charge on any atom is 0.271 e. The summed E-state index contributed by atoms with van der Waals surface area (Å²) in [6.07, 6.45) is 4.69. The maximum absolute atomic E-state index is 12.6. The summed E-state index contributed by atoms with van der Waals surface area (Å²) in [7, 11) is 0. The molecule has 2 rings (SSSR count). The second-order valence-electron chi connectivity index (χ2n) is 5.76. The number of nitrogens with one attached hydrogen (secondary N) is 1. The number of nitro benzene ring substituents is 1. The number of hydrogen-bond acceptors (Lipinski definition) is 4. The van der Waals surface area contributed by atoms with Crippen LogP contribution in [0, 0.1) is 22.5 Å². The van der Waals surface area contributed by atoms with Crippen LogP contribution >= 0.6 is 0 Å². The van der Waals surface area contributed by atoms with E-state index in [0.717, 1.165) is 37.7 Å². The molecule has 6 nitrogen and oxygen atoms in total. The van der Waals surface area contributed by atoms with E-state index in [0.29, 0.717) is 12.2 Å². The molecule has 1 aromatic rings. The minimum atomic E-state index is -0.532. The molecule has 0 radical (unpaired) electrons. The number of carbonyl (C=O) groups excluding carboxylic acids is 1. The maximum atomic E-state index is 12.6. The molecule has 1 fully saturated rings. The zero-order chi connectivity index (χ0) is 15.5. The Hall–Kier alpha value is -1.95. The van der Waals surface area contributed by atoms with Crippen molar-refractivity contribution in [2.75, 3.05) is 11.9 Å². The van der Waals surface area contributed by atoms with Crippen molar-refractivity contribution in [1.29, 1.82) is 0 Å². The minimum Gasteiger partial charge on any atom is -0.329 e. The number of aryl methyl sites for hydroxylation is 1. The Bertz CT molecular complexity index is 551. The normalized spacial score (nSPS) is 17.2. The average Bonchev–Trinajstić information content (AvgIpc) is 2.49. The Balaban J connectivity index is 2.22. The van der Waals surface area contributed by atoms with Gasteiger partial charge in [0.05, 0.1) is 16.0 Å². The fourth-order valence-corrected chi connectivity index (χ4v) is 2.87. The van der Waals surface area contributed by atoms with Crippen LogP contribution in [0.4, 0.5) is 11.4 Å². The summed E-state index contributed by atoms with van der Waals surface area (Å²) in [5.41, 5.74) is 6.58. The van der Waals surface area contributed by atoms with Crippen molar-refractivity contribution < 1.29 is 9.72 Å². The fraction of sp³-hybridized carbons (Fsp3) is 0.533. The molecule has 1 saturated carbocycles. The number of non-ortho nitro benzene ring substituents is 1. The summed E-state index contributed by atoms with van der Waals surface area (Å²) in [5.74, 6) is -0.117. The molecule has 0 heterocycles. The Kier molecular flexibility index (Phi) is 4.57. The molecule has 0 aliphatic heterocycles. The standard InChI is InChI=1S/C15H21N3O3/c1-11-5-6-12(18(20)21)9-13(11)17-14(19)15(10-16)7-3-2-4-8-15/h5-6,9H,2-4,7-8,10,16H2,1H3,(H,17,19). The second kappa shape index (κ2) is 6.22. The summed E-state index contributed by atoms with van der Waals surface area (Å²) in [4.78, 5) is 23.0. The van der Waals surface area contributed by atoms with Gasteiger partial charge in [-0.1, -0.05) is 25.3 Å². The molecule has 0 aromatic heterocycles. The Morgan fingerprint density at radius 1 is 1.38 bits per heavy atom. The number of rotatable bonds is 4. The highest BCUT2D eigenvalue weighted by molar-refractivity contribution is 5.96. The first kappa shape index (κ1) is 15.4. The predicted octanol–water partition coefficient (Wildman–Crippen LogP) is 2.75. The van der Waals surface area contributed by atoms with Gasteiger partial charge in [0.1, 0.15) is 0 Å². The quantitative estimate of drug-likeness (QED) is 0.658. The van der Waals surface area contributed by atoms with Crippen LogP contribution in [0.5, 0.6) is 0 Å². The Labute approximate surface area is 123 Å². The van der Waals surface area contributed by atoms with E-state index < -0.39 is 10.3 Å². The smallest absolute Gasteiger partial charge is 0.271 e. The van der Waals surface area contributed by atoms with Crippen molar-refractivity contribution in [2.24, 2.45) is 11.1 Å². The van der Waals surface area contributed by atoms with Crippen molar-refractivity contribution in [2.45, 2.75) is 39.0 Å². The third-order valence-electron chi connectivity index (χ3n) is 4.36. The molecule has 1 aromatic carbocycles. The van der Waals surface area contributed by atoms with Crippen LogP contribution in [0.25, 0.3) is 0 Å². The van der Waals surface area contributed by atoms with Crippen molar-refractivity contribution in [3.05, 3.63) is 33.9 Å². The van der Waals surface area contributed by atoms with Gasteiger partial charge in [0.25, 0.3) is 5.69 Å². The molecule has 0 unspecified atom stereocenters. The van der Waals surface area contributed by atoms with E-state index in [1.165, 1.54) is 12.1 Å². The third-order valence-corrected chi connectivity index (χ3v) is 4.36. The van der Waals surface area contributed by atoms with Gasteiger partial charge in [0.2, 0.25) is 5.91 Å². The minimum absolute atomic E-state index is 0.0265. The number of amides is 1. The van der Waals surface area contributed by atoms with Gasteiger partial charge in [0.15, 0.2) is 0 Å². The highest BCUT2D eigenvalue weighted by Gasteiger charge is 2.38. The second-order valence-corrected chi connectivity index (χ2v) is 5.76. The van der Waals surface area contributed by atoms with Crippen molar-refractivity contribution >= 4 is 17.3 Å². The van der Waals surface area contributed by atoms with Crippen LogP contribution in [0.2, 0.25) is 0 Å². The Morgan fingerprint density at radius 3 is 2.62 bits per heavy atom. The molecule has 1 amide bonds. The van der Waals surface area contributed by atoms with Crippen LogP contribution in [0.1, 0.15) is 37.7 Å². The van der Waals surface area contributed by atoms with Crippen LogP contribution in [0.3, 0.4) is 0 Å². The van der Waals surface area contributed by atoms with Crippen LogP contribution in [-0.4, -0.2) is 17.4 Å². The molecular formula is C15H21N3O3. The first-order valence-electron chi connectivity index (χ1n) is 7.25. The van der Waals surface area contributed by atoms with E-state index in [2.05, 4.69) is 5.32 Å². The monoisotopic (exact) mass is 291 g/mol. The lowest BCUT2D eigenvalue weighted by atomic mass is 9.73. The van der Waals surface area contributed by atoms with Crippen molar-refractivity contribution in [3.63, 3.8) is 0 Å². The number of anilines is 1. The summed E-state index contributed by atoms with van der Waals surface area (Å²) < 4.78 is 0. The Morgan fingerprint density at radius 2 is 2.05 bits per heavy atom. The average molecular weight is 291 g/mol. The van der Waals surface area contributed by atoms with Gasteiger partial charge in [-0.15, -0.1) is 0 Å². The number of carbonyl (C=O) groups is 1. The molecule has 0 saturated heterocycles. The molecule has 0 spiro atoms. The number of benzene rings is 1. The molecule has 114 valence electrons. The number of hydrogen-bond donors (Lipinski definition) is 2. The first-order chi connectivity index (χ1) is 9.98. The van der Waals surface area contributed by atoms with Gasteiger partial charge in [-0.3, -0.25) is 14.9 Å². The van der Waals surface area contributed by atoms with E-state index >= 15 is 0 Å². The molecular weight excluding hydrogens is 270 g/mol. The van der Waals surface area contributed by atoms with Crippen LogP contribution in [-0.2, 0) is 4.79 Å². The molecule has 0 atom stereocenters. The van der Waals surface area contributed by atoms with Crippen LogP contribution < -0.4 is 11.1 Å². The molecule has 1 aliphatic rings. The lowest BCUT2D eigenvalue weighted by molar-refractivity contribution is -0.384. The molecule has 21 heavy (non-hydrogen) atoms. The van der Waals surface area contributed by atoms with Crippen LogP contribution in [0.15, 0.2) is 18.2 Å². The van der Waals surface area contributed by atoms with Gasteiger partial charge in [-0.05, 0) is 25.3 Å². The zero-order valence-electron chi connectivity index (χ0n) is 12.2.